The van der Waals surface area contributed by atoms with Crippen molar-refractivity contribution in [1.29, 1.82) is 0 Å². The van der Waals surface area contributed by atoms with Crippen LogP contribution in [-0.4, -0.2) is 17.8 Å². The van der Waals surface area contributed by atoms with Crippen LogP contribution < -0.4 is 5.32 Å². The molecule has 1 saturated heterocycles. The fourth-order valence-electron chi connectivity index (χ4n) is 1.36. The molecule has 1 aromatic rings. The zero-order valence-electron chi connectivity index (χ0n) is 7.16. The molecule has 0 spiro atoms. The molecule has 1 amide bonds. The van der Waals surface area contributed by atoms with Crippen LogP contribution in [0.1, 0.15) is 11.6 Å². The highest BCUT2D eigenvalue weighted by Gasteiger charge is 2.26. The second-order valence-electron chi connectivity index (χ2n) is 3.00. The third kappa shape index (κ3) is 1.48. The molecular weight excluding hydrogens is 189 g/mol. The first-order valence-electron chi connectivity index (χ1n) is 4.08. The van der Waals surface area contributed by atoms with Crippen LogP contribution in [0.4, 0.5) is 9.18 Å². The normalized spacial score (nSPS) is 20.4. The minimum atomic E-state index is -0.557. The maximum Gasteiger partial charge on any atom is 0.407 e. The number of phenols is 1. The Morgan fingerprint density at radius 1 is 1.57 bits per heavy atom. The maximum absolute atomic E-state index is 12.8. The molecular formula is C9H8FNO3. The monoisotopic (exact) mass is 197 g/mol. The lowest BCUT2D eigenvalue weighted by molar-refractivity contribution is 0.177. The molecule has 1 aliphatic rings. The highest BCUT2D eigenvalue weighted by molar-refractivity contribution is 5.70. The Hall–Kier alpha value is -1.78. The molecule has 0 aromatic heterocycles. The smallest absolute Gasteiger partial charge is 0.407 e. The van der Waals surface area contributed by atoms with Crippen LogP contribution in [0.15, 0.2) is 18.2 Å². The minimum Gasteiger partial charge on any atom is -0.508 e. The van der Waals surface area contributed by atoms with E-state index in [1.54, 1.807) is 0 Å². The van der Waals surface area contributed by atoms with Crippen molar-refractivity contribution in [3.63, 3.8) is 0 Å². The van der Waals surface area contributed by atoms with Crippen LogP contribution in [0.2, 0.25) is 0 Å². The first-order chi connectivity index (χ1) is 6.66. The van der Waals surface area contributed by atoms with Crippen molar-refractivity contribution in [2.24, 2.45) is 0 Å². The lowest BCUT2D eigenvalue weighted by atomic mass is 10.1. The zero-order chi connectivity index (χ0) is 10.1. The molecule has 0 unspecified atom stereocenters. The van der Waals surface area contributed by atoms with Crippen LogP contribution in [0.25, 0.3) is 0 Å². The number of amides is 1. The number of hydrogen-bond donors (Lipinski definition) is 2. The average molecular weight is 197 g/mol. The number of cyclic esters (lactones) is 1. The van der Waals surface area contributed by atoms with E-state index in [4.69, 9.17) is 0 Å². The number of carbonyl (C=O) groups excluding carboxylic acids is 1. The van der Waals surface area contributed by atoms with Crippen molar-refractivity contribution in [3.05, 3.63) is 29.6 Å². The molecule has 2 rings (SSSR count). The van der Waals surface area contributed by atoms with E-state index >= 15 is 0 Å². The summed E-state index contributed by atoms with van der Waals surface area (Å²) in [7, 11) is 0. The molecule has 0 saturated carbocycles. The van der Waals surface area contributed by atoms with Gasteiger partial charge in [-0.05, 0) is 18.2 Å². The molecule has 5 heteroatoms. The predicted octanol–water partition coefficient (Wildman–Crippen LogP) is 1.31. The fraction of sp³-hybridized carbons (Fsp3) is 0.222. The predicted molar refractivity (Wildman–Crippen MR) is 45.3 cm³/mol. The number of hydrogen-bond acceptors (Lipinski definition) is 3. The maximum atomic E-state index is 12.8. The lowest BCUT2D eigenvalue weighted by Crippen LogP contribution is -2.18. The standard InChI is InChI=1S/C9H8FNO3/c10-5-1-2-8(12)6(3-5)7-4-14-9(13)11-7/h1-3,7,12H,4H2,(H,11,13)/t7-/m0/s1. The molecule has 2 N–H and O–H groups in total. The van der Waals surface area contributed by atoms with Crippen molar-refractivity contribution in [2.75, 3.05) is 6.61 Å². The zero-order valence-corrected chi connectivity index (χ0v) is 7.16. The van der Waals surface area contributed by atoms with Gasteiger partial charge in [0.05, 0.1) is 6.04 Å². The van der Waals surface area contributed by atoms with Gasteiger partial charge in [-0.2, -0.15) is 0 Å². The van der Waals surface area contributed by atoms with Crippen molar-refractivity contribution in [1.82, 2.24) is 5.32 Å². The van der Waals surface area contributed by atoms with Crippen molar-refractivity contribution >= 4 is 6.09 Å². The number of nitrogens with one attached hydrogen (secondary N) is 1. The highest BCUT2D eigenvalue weighted by Crippen LogP contribution is 2.27. The van der Waals surface area contributed by atoms with E-state index in [-0.39, 0.29) is 12.4 Å². The van der Waals surface area contributed by atoms with Gasteiger partial charge in [0.2, 0.25) is 0 Å². The molecule has 4 nitrogen and oxygen atoms in total. The second-order valence-corrected chi connectivity index (χ2v) is 3.00. The minimum absolute atomic E-state index is 0.0535. The summed E-state index contributed by atoms with van der Waals surface area (Å²) in [5.41, 5.74) is 0.329. The fourth-order valence-corrected chi connectivity index (χ4v) is 1.36. The molecule has 0 aliphatic carbocycles. The van der Waals surface area contributed by atoms with Gasteiger partial charge in [-0.25, -0.2) is 9.18 Å². The van der Waals surface area contributed by atoms with Crippen LogP contribution in [0.5, 0.6) is 5.75 Å². The summed E-state index contributed by atoms with van der Waals surface area (Å²) in [6, 6.07) is 3.10. The summed E-state index contributed by atoms with van der Waals surface area (Å²) in [6.45, 7) is 0.107. The summed E-state index contributed by atoms with van der Waals surface area (Å²) in [4.78, 5) is 10.7. The van der Waals surface area contributed by atoms with Gasteiger partial charge >= 0.3 is 6.09 Å². The number of halogens is 1. The Balaban J connectivity index is 2.31. The molecule has 1 heterocycles. The van der Waals surface area contributed by atoms with Gasteiger partial charge in [0, 0.05) is 5.56 Å². The van der Waals surface area contributed by atoms with E-state index < -0.39 is 18.0 Å². The molecule has 0 radical (unpaired) electrons. The SMILES string of the molecule is O=C1N[C@H](c2cc(F)ccc2O)CO1. The van der Waals surface area contributed by atoms with Gasteiger partial charge < -0.3 is 15.2 Å². The van der Waals surface area contributed by atoms with Gasteiger partial charge in [0.1, 0.15) is 18.2 Å². The van der Waals surface area contributed by atoms with E-state index in [0.717, 1.165) is 6.07 Å². The van der Waals surface area contributed by atoms with Gasteiger partial charge in [-0.1, -0.05) is 0 Å². The quantitative estimate of drug-likeness (QED) is 0.713. The number of alkyl carbamates (subject to hydrolysis) is 1. The van der Waals surface area contributed by atoms with E-state index in [1.807, 2.05) is 0 Å². The average Bonchev–Trinajstić information content (AvgIpc) is 2.56. The third-order valence-corrected chi connectivity index (χ3v) is 2.04. The Morgan fingerprint density at radius 3 is 3.00 bits per heavy atom. The lowest BCUT2D eigenvalue weighted by Gasteiger charge is -2.09. The van der Waals surface area contributed by atoms with Crippen molar-refractivity contribution < 1.29 is 19.0 Å². The largest absolute Gasteiger partial charge is 0.508 e. The summed E-state index contributed by atoms with van der Waals surface area (Å²) < 4.78 is 17.5. The van der Waals surface area contributed by atoms with Gasteiger partial charge in [-0.15, -0.1) is 0 Å². The molecule has 74 valence electrons. The summed E-state index contributed by atoms with van der Waals surface area (Å²) in [5, 5.41) is 11.9. The van der Waals surface area contributed by atoms with E-state index in [1.165, 1.54) is 12.1 Å². The first-order valence-corrected chi connectivity index (χ1v) is 4.08. The van der Waals surface area contributed by atoms with Crippen LogP contribution >= 0.6 is 0 Å². The number of rotatable bonds is 1. The first kappa shape index (κ1) is 8.80. The molecule has 1 aliphatic heterocycles. The molecule has 1 atom stereocenters. The Labute approximate surface area is 79.3 Å². The Bertz CT molecular complexity index is 380. The second kappa shape index (κ2) is 3.17. The molecule has 1 aromatic carbocycles. The number of carbonyl (C=O) groups is 1. The number of ether oxygens (including phenoxy) is 1. The van der Waals surface area contributed by atoms with Gasteiger partial charge in [0.25, 0.3) is 0 Å². The Kier molecular flexibility index (Phi) is 1.99. The van der Waals surface area contributed by atoms with Crippen molar-refractivity contribution in [3.8, 4) is 5.75 Å². The van der Waals surface area contributed by atoms with Crippen LogP contribution in [-0.2, 0) is 4.74 Å². The van der Waals surface area contributed by atoms with Crippen molar-refractivity contribution in [2.45, 2.75) is 6.04 Å². The summed E-state index contributed by atoms with van der Waals surface area (Å²) >= 11 is 0. The highest BCUT2D eigenvalue weighted by atomic mass is 19.1. The van der Waals surface area contributed by atoms with E-state index in [0.29, 0.717) is 5.56 Å². The number of aromatic hydroxyl groups is 1. The van der Waals surface area contributed by atoms with E-state index in [9.17, 15) is 14.3 Å². The number of phenolic OH excluding ortho intramolecular Hbond substituents is 1. The van der Waals surface area contributed by atoms with Gasteiger partial charge in [-0.3, -0.25) is 0 Å². The number of benzene rings is 1. The van der Waals surface area contributed by atoms with Crippen LogP contribution in [0, 0.1) is 5.82 Å². The molecule has 0 bridgehead atoms. The molecule has 14 heavy (non-hydrogen) atoms. The molecule has 1 fully saturated rings. The summed E-state index contributed by atoms with van der Waals surface area (Å²) in [5.74, 6) is -0.513. The topological polar surface area (TPSA) is 58.6 Å². The summed E-state index contributed by atoms with van der Waals surface area (Å²) in [6.07, 6.45) is -0.557. The Morgan fingerprint density at radius 2 is 2.36 bits per heavy atom. The third-order valence-electron chi connectivity index (χ3n) is 2.04. The van der Waals surface area contributed by atoms with E-state index in [2.05, 4.69) is 10.1 Å². The van der Waals surface area contributed by atoms with Gasteiger partial charge in [0.15, 0.2) is 0 Å². The van der Waals surface area contributed by atoms with Crippen LogP contribution in [0.3, 0.4) is 0 Å².